The van der Waals surface area contributed by atoms with Gasteiger partial charge in [-0.05, 0) is 30.2 Å². The molecule has 0 saturated heterocycles. The van der Waals surface area contributed by atoms with Crippen LogP contribution in [0.3, 0.4) is 0 Å². The van der Waals surface area contributed by atoms with Gasteiger partial charge in [-0.1, -0.05) is 0 Å². The second-order valence-corrected chi connectivity index (χ2v) is 5.25. The van der Waals surface area contributed by atoms with Crippen LogP contribution >= 0.6 is 0 Å². The lowest BCUT2D eigenvalue weighted by molar-refractivity contribution is 0.0699. The summed E-state index contributed by atoms with van der Waals surface area (Å²) in [4.78, 5) is 29.9. The molecule has 1 aliphatic rings. The molecule has 0 unspecified atom stereocenters. The summed E-state index contributed by atoms with van der Waals surface area (Å²) in [7, 11) is 1.84. The Kier molecular flexibility index (Phi) is 3.64. The highest BCUT2D eigenvalue weighted by Gasteiger charge is 2.24. The predicted octanol–water partition coefficient (Wildman–Crippen LogP) is 0.738. The van der Waals surface area contributed by atoms with Gasteiger partial charge in [-0.15, -0.1) is 0 Å². The van der Waals surface area contributed by atoms with Gasteiger partial charge in [0.2, 0.25) is 0 Å². The summed E-state index contributed by atoms with van der Waals surface area (Å²) in [5.41, 5.74) is 4.25. The number of aromatic nitrogens is 2. The standard InChI is InChI=1S/C15H16N4O3/c1-18-5-2-3-13(18)15(21)19-6-4-10-7-11(14(20)17-22)8-16-12(10)9-19/h2-3,5,7-8,22H,4,6,9H2,1H3,(H,17,20). The molecule has 0 fully saturated rings. The minimum atomic E-state index is -0.586. The fourth-order valence-corrected chi connectivity index (χ4v) is 2.62. The lowest BCUT2D eigenvalue weighted by atomic mass is 10.0. The maximum Gasteiger partial charge on any atom is 0.276 e. The smallest absolute Gasteiger partial charge is 0.276 e. The first-order chi connectivity index (χ1) is 10.6. The number of hydroxylamine groups is 1. The van der Waals surface area contributed by atoms with Gasteiger partial charge >= 0.3 is 0 Å². The number of hydrogen-bond acceptors (Lipinski definition) is 4. The molecule has 2 aromatic heterocycles. The third-order valence-electron chi connectivity index (χ3n) is 3.87. The molecule has 0 saturated carbocycles. The Hall–Kier alpha value is -2.67. The fraction of sp³-hybridized carbons (Fsp3) is 0.267. The Labute approximate surface area is 127 Å². The summed E-state index contributed by atoms with van der Waals surface area (Å²) in [5, 5.41) is 8.66. The first-order valence-electron chi connectivity index (χ1n) is 6.93. The highest BCUT2D eigenvalue weighted by molar-refractivity contribution is 5.94. The van der Waals surface area contributed by atoms with Crippen molar-refractivity contribution in [1.29, 1.82) is 0 Å². The number of pyridine rings is 1. The highest BCUT2D eigenvalue weighted by atomic mass is 16.5. The summed E-state index contributed by atoms with van der Waals surface area (Å²) >= 11 is 0. The summed E-state index contributed by atoms with van der Waals surface area (Å²) in [6.07, 6.45) is 3.87. The van der Waals surface area contributed by atoms with Crippen molar-refractivity contribution in [2.75, 3.05) is 6.54 Å². The number of carbonyl (C=O) groups excluding carboxylic acids is 2. The van der Waals surface area contributed by atoms with Crippen LogP contribution < -0.4 is 5.48 Å². The Bertz CT molecular complexity index is 738. The molecule has 7 heteroatoms. The van der Waals surface area contributed by atoms with Crippen LogP contribution in [0.2, 0.25) is 0 Å². The maximum atomic E-state index is 12.5. The summed E-state index contributed by atoms with van der Waals surface area (Å²) in [5.74, 6) is -0.616. The van der Waals surface area contributed by atoms with Crippen molar-refractivity contribution in [3.63, 3.8) is 0 Å². The number of nitrogens with one attached hydrogen (secondary N) is 1. The van der Waals surface area contributed by atoms with Crippen LogP contribution in [0.4, 0.5) is 0 Å². The third-order valence-corrected chi connectivity index (χ3v) is 3.87. The first-order valence-corrected chi connectivity index (χ1v) is 6.93. The molecule has 1 aliphatic heterocycles. The highest BCUT2D eigenvalue weighted by Crippen LogP contribution is 2.20. The van der Waals surface area contributed by atoms with Crippen LogP contribution in [-0.2, 0) is 20.0 Å². The number of amides is 2. The van der Waals surface area contributed by atoms with E-state index < -0.39 is 5.91 Å². The molecule has 0 atom stereocenters. The van der Waals surface area contributed by atoms with Gasteiger partial charge in [0.25, 0.3) is 11.8 Å². The predicted molar refractivity (Wildman–Crippen MR) is 77.3 cm³/mol. The van der Waals surface area contributed by atoms with Gasteiger partial charge in [-0.2, -0.15) is 0 Å². The van der Waals surface area contributed by atoms with E-state index in [0.717, 1.165) is 11.3 Å². The van der Waals surface area contributed by atoms with Crippen LogP contribution in [0, 0.1) is 0 Å². The van der Waals surface area contributed by atoms with Gasteiger partial charge in [0, 0.05) is 26.0 Å². The summed E-state index contributed by atoms with van der Waals surface area (Å²) in [6.45, 7) is 0.989. The number of carbonyl (C=O) groups is 2. The maximum absolute atomic E-state index is 12.5. The number of nitrogens with zero attached hydrogens (tertiary/aromatic N) is 3. The largest absolute Gasteiger partial charge is 0.347 e. The average Bonchev–Trinajstić information content (AvgIpc) is 2.98. The third kappa shape index (κ3) is 2.46. The van der Waals surface area contributed by atoms with Crippen LogP contribution in [0.15, 0.2) is 30.6 Å². The van der Waals surface area contributed by atoms with Gasteiger partial charge in [0.05, 0.1) is 17.8 Å². The fourth-order valence-electron chi connectivity index (χ4n) is 2.62. The zero-order chi connectivity index (χ0) is 15.7. The van der Waals surface area contributed by atoms with Crippen molar-refractivity contribution in [2.45, 2.75) is 13.0 Å². The number of fused-ring (bicyclic) bond motifs is 1. The minimum Gasteiger partial charge on any atom is -0.347 e. The Morgan fingerprint density at radius 1 is 1.41 bits per heavy atom. The zero-order valence-corrected chi connectivity index (χ0v) is 12.1. The molecule has 22 heavy (non-hydrogen) atoms. The Balaban J connectivity index is 1.81. The van der Waals surface area contributed by atoms with Crippen molar-refractivity contribution in [3.05, 3.63) is 53.1 Å². The van der Waals surface area contributed by atoms with Crippen molar-refractivity contribution in [2.24, 2.45) is 7.05 Å². The van der Waals surface area contributed by atoms with Crippen molar-refractivity contribution in [3.8, 4) is 0 Å². The lowest BCUT2D eigenvalue weighted by Gasteiger charge is -2.28. The zero-order valence-electron chi connectivity index (χ0n) is 12.1. The van der Waals surface area contributed by atoms with Gasteiger partial charge < -0.3 is 9.47 Å². The van der Waals surface area contributed by atoms with Gasteiger partial charge in [0.15, 0.2) is 0 Å². The Morgan fingerprint density at radius 2 is 2.23 bits per heavy atom. The van der Waals surface area contributed by atoms with Gasteiger partial charge in [-0.3, -0.25) is 19.8 Å². The molecule has 0 radical (unpaired) electrons. The summed E-state index contributed by atoms with van der Waals surface area (Å²) < 4.78 is 1.79. The monoisotopic (exact) mass is 300 g/mol. The molecule has 3 rings (SSSR count). The second kappa shape index (κ2) is 5.61. The lowest BCUT2D eigenvalue weighted by Crippen LogP contribution is -2.37. The molecular weight excluding hydrogens is 284 g/mol. The van der Waals surface area contributed by atoms with Crippen molar-refractivity contribution in [1.82, 2.24) is 19.9 Å². The van der Waals surface area contributed by atoms with E-state index in [1.165, 1.54) is 6.20 Å². The molecule has 0 aromatic carbocycles. The molecule has 7 nitrogen and oxygen atoms in total. The van der Waals surface area contributed by atoms with Gasteiger partial charge in [0.1, 0.15) is 5.69 Å². The molecule has 0 aliphatic carbocycles. The van der Waals surface area contributed by atoms with E-state index in [1.54, 1.807) is 27.1 Å². The topological polar surface area (TPSA) is 87.5 Å². The molecule has 114 valence electrons. The van der Waals surface area contributed by atoms with Crippen molar-refractivity contribution < 1.29 is 14.8 Å². The van der Waals surface area contributed by atoms with E-state index in [0.29, 0.717) is 30.8 Å². The second-order valence-electron chi connectivity index (χ2n) is 5.25. The normalized spacial score (nSPS) is 13.6. The van der Waals surface area contributed by atoms with Gasteiger partial charge in [-0.25, -0.2) is 5.48 Å². The van der Waals surface area contributed by atoms with E-state index >= 15 is 0 Å². The van der Waals surface area contributed by atoms with Crippen LogP contribution in [0.25, 0.3) is 0 Å². The number of rotatable bonds is 2. The molecule has 0 bridgehead atoms. The number of hydrogen-bond donors (Lipinski definition) is 2. The number of aryl methyl sites for hydroxylation is 1. The first kappa shape index (κ1) is 14.3. The molecule has 2 aromatic rings. The quantitative estimate of drug-likeness (QED) is 0.632. The van der Waals surface area contributed by atoms with Crippen LogP contribution in [0.1, 0.15) is 32.1 Å². The molecule has 3 heterocycles. The van der Waals surface area contributed by atoms with Crippen LogP contribution in [0.5, 0.6) is 0 Å². The van der Waals surface area contributed by atoms with E-state index in [9.17, 15) is 9.59 Å². The van der Waals surface area contributed by atoms with E-state index in [4.69, 9.17) is 5.21 Å². The van der Waals surface area contributed by atoms with Crippen molar-refractivity contribution >= 4 is 11.8 Å². The van der Waals surface area contributed by atoms with E-state index in [-0.39, 0.29) is 5.91 Å². The summed E-state index contributed by atoms with van der Waals surface area (Å²) in [6, 6.07) is 5.33. The molecule has 2 N–H and O–H groups in total. The van der Waals surface area contributed by atoms with E-state index in [2.05, 4.69) is 4.98 Å². The molecule has 2 amide bonds. The average molecular weight is 300 g/mol. The van der Waals surface area contributed by atoms with Crippen LogP contribution in [-0.4, -0.2) is 38.0 Å². The SMILES string of the molecule is Cn1cccc1C(=O)N1CCc2cc(C(=O)NO)cnc2C1. The Morgan fingerprint density at radius 3 is 2.91 bits per heavy atom. The molecular formula is C15H16N4O3. The minimum absolute atomic E-state index is 0.0304. The molecule has 0 spiro atoms. The van der Waals surface area contributed by atoms with E-state index in [1.807, 2.05) is 19.3 Å².